The number of aromatic nitrogens is 2. The number of hydrogen-bond donors (Lipinski definition) is 1. The maximum Gasteiger partial charge on any atom is 0.159 e. The summed E-state index contributed by atoms with van der Waals surface area (Å²) in [6.07, 6.45) is 6.37. The molecule has 1 aliphatic rings. The van der Waals surface area contributed by atoms with E-state index in [1.165, 1.54) is 12.4 Å². The Labute approximate surface area is 76.2 Å². The lowest BCUT2D eigenvalue weighted by Gasteiger charge is -2.20. The lowest BCUT2D eigenvalue weighted by molar-refractivity contribution is 0.427. The normalized spacial score (nSPS) is 20.5. The Bertz CT molecular complexity index is 290. The highest BCUT2D eigenvalue weighted by molar-refractivity contribution is 5.07. The number of hydrogen-bond acceptors (Lipinski definition) is 3. The Balaban J connectivity index is 2.29. The van der Waals surface area contributed by atoms with Gasteiger partial charge in [0.2, 0.25) is 0 Å². The molecule has 1 heterocycles. The van der Waals surface area contributed by atoms with Crippen LogP contribution in [0, 0.1) is 5.82 Å². The molecule has 0 radical (unpaired) electrons. The van der Waals surface area contributed by atoms with Gasteiger partial charge in [0.1, 0.15) is 5.82 Å². The van der Waals surface area contributed by atoms with Gasteiger partial charge in [-0.15, -0.1) is 0 Å². The molecule has 4 heteroatoms. The van der Waals surface area contributed by atoms with Crippen molar-refractivity contribution >= 4 is 0 Å². The first-order valence-electron chi connectivity index (χ1n) is 4.48. The zero-order valence-corrected chi connectivity index (χ0v) is 7.33. The van der Waals surface area contributed by atoms with Crippen LogP contribution in [0.5, 0.6) is 0 Å². The van der Waals surface area contributed by atoms with Crippen molar-refractivity contribution in [3.8, 4) is 0 Å². The van der Waals surface area contributed by atoms with E-state index >= 15 is 0 Å². The van der Waals surface area contributed by atoms with E-state index in [4.69, 9.17) is 5.73 Å². The third-order valence-corrected chi connectivity index (χ3v) is 2.56. The molecule has 1 aliphatic carbocycles. The fraction of sp³-hybridized carbons (Fsp3) is 0.556. The summed E-state index contributed by atoms with van der Waals surface area (Å²) in [6.45, 7) is 0. The van der Waals surface area contributed by atoms with E-state index in [1.54, 1.807) is 0 Å². The van der Waals surface area contributed by atoms with Crippen molar-refractivity contribution in [2.45, 2.75) is 31.2 Å². The van der Waals surface area contributed by atoms with Gasteiger partial charge in [-0.05, 0) is 12.8 Å². The van der Waals surface area contributed by atoms with Crippen LogP contribution in [0.25, 0.3) is 0 Å². The van der Waals surface area contributed by atoms with Gasteiger partial charge in [0, 0.05) is 0 Å². The van der Waals surface area contributed by atoms with Gasteiger partial charge >= 0.3 is 0 Å². The van der Waals surface area contributed by atoms with Crippen molar-refractivity contribution in [3.05, 3.63) is 24.0 Å². The Morgan fingerprint density at radius 3 is 2.31 bits per heavy atom. The van der Waals surface area contributed by atoms with Gasteiger partial charge < -0.3 is 5.73 Å². The molecule has 0 spiro atoms. The van der Waals surface area contributed by atoms with E-state index in [-0.39, 0.29) is 0 Å². The second-order valence-corrected chi connectivity index (χ2v) is 3.59. The Morgan fingerprint density at radius 2 is 1.77 bits per heavy atom. The fourth-order valence-corrected chi connectivity index (χ4v) is 1.80. The van der Waals surface area contributed by atoms with Crippen LogP contribution in [-0.4, -0.2) is 9.97 Å². The quantitative estimate of drug-likeness (QED) is 0.711. The topological polar surface area (TPSA) is 51.8 Å². The Morgan fingerprint density at radius 1 is 1.23 bits per heavy atom. The van der Waals surface area contributed by atoms with Crippen molar-refractivity contribution in [1.29, 1.82) is 0 Å². The third-order valence-electron chi connectivity index (χ3n) is 2.56. The van der Waals surface area contributed by atoms with E-state index in [1.807, 2.05) is 0 Å². The number of nitrogens with zero attached hydrogens (tertiary/aromatic N) is 2. The zero-order valence-electron chi connectivity index (χ0n) is 7.33. The van der Waals surface area contributed by atoms with Gasteiger partial charge in [-0.3, -0.25) is 0 Å². The molecular formula is C9H12FN3. The molecule has 2 rings (SSSR count). The van der Waals surface area contributed by atoms with E-state index in [0.29, 0.717) is 5.82 Å². The van der Waals surface area contributed by atoms with Gasteiger partial charge in [0.05, 0.1) is 17.9 Å². The molecule has 3 nitrogen and oxygen atoms in total. The van der Waals surface area contributed by atoms with Crippen molar-refractivity contribution in [2.24, 2.45) is 5.73 Å². The molecule has 2 N–H and O–H groups in total. The standard InChI is InChI=1S/C9H12FN3/c10-7-5-12-8(13-6-7)9(11)3-1-2-4-9/h5-6H,1-4,11H2. The van der Waals surface area contributed by atoms with Crippen LogP contribution in [0.3, 0.4) is 0 Å². The Kier molecular flexibility index (Phi) is 2.00. The van der Waals surface area contributed by atoms with Crippen LogP contribution in [0.15, 0.2) is 12.4 Å². The SMILES string of the molecule is NC1(c2ncc(F)cn2)CCCC1. The fourth-order valence-electron chi connectivity index (χ4n) is 1.80. The van der Waals surface area contributed by atoms with Gasteiger partial charge in [0.25, 0.3) is 0 Å². The summed E-state index contributed by atoms with van der Waals surface area (Å²) in [7, 11) is 0. The van der Waals surface area contributed by atoms with Crippen molar-refractivity contribution in [1.82, 2.24) is 9.97 Å². The molecule has 0 atom stereocenters. The maximum absolute atomic E-state index is 12.5. The number of rotatable bonds is 1. The summed E-state index contributed by atoms with van der Waals surface area (Å²) < 4.78 is 12.5. The minimum absolute atomic E-state index is 0.409. The van der Waals surface area contributed by atoms with Gasteiger partial charge in [-0.1, -0.05) is 12.8 Å². The third kappa shape index (κ3) is 1.54. The average molecular weight is 181 g/mol. The molecule has 1 fully saturated rings. The number of nitrogens with two attached hydrogens (primary N) is 1. The van der Waals surface area contributed by atoms with E-state index < -0.39 is 11.4 Å². The lowest BCUT2D eigenvalue weighted by Crippen LogP contribution is -2.35. The van der Waals surface area contributed by atoms with E-state index in [2.05, 4.69) is 9.97 Å². The Hall–Kier alpha value is -1.03. The molecule has 0 aromatic carbocycles. The van der Waals surface area contributed by atoms with Gasteiger partial charge in [-0.25, -0.2) is 14.4 Å². The summed E-state index contributed by atoms with van der Waals surface area (Å²) >= 11 is 0. The van der Waals surface area contributed by atoms with E-state index in [0.717, 1.165) is 25.7 Å². The molecule has 70 valence electrons. The predicted octanol–water partition coefficient (Wildman–Crippen LogP) is 1.34. The minimum Gasteiger partial charge on any atom is -0.319 e. The molecule has 13 heavy (non-hydrogen) atoms. The predicted molar refractivity (Wildman–Crippen MR) is 46.3 cm³/mol. The van der Waals surface area contributed by atoms with Crippen LogP contribution in [-0.2, 0) is 5.54 Å². The molecule has 0 saturated heterocycles. The molecule has 0 aliphatic heterocycles. The second kappa shape index (κ2) is 3.03. The van der Waals surface area contributed by atoms with E-state index in [9.17, 15) is 4.39 Å². The van der Waals surface area contributed by atoms with Crippen LogP contribution in [0.4, 0.5) is 4.39 Å². The highest BCUT2D eigenvalue weighted by Gasteiger charge is 2.33. The first kappa shape index (κ1) is 8.56. The highest BCUT2D eigenvalue weighted by atomic mass is 19.1. The van der Waals surface area contributed by atoms with Crippen molar-refractivity contribution < 1.29 is 4.39 Å². The molecule has 0 unspecified atom stereocenters. The summed E-state index contributed by atoms with van der Waals surface area (Å²) in [4.78, 5) is 7.84. The van der Waals surface area contributed by atoms with Crippen LogP contribution in [0.1, 0.15) is 31.5 Å². The largest absolute Gasteiger partial charge is 0.319 e. The van der Waals surface area contributed by atoms with Crippen LogP contribution >= 0.6 is 0 Å². The molecular weight excluding hydrogens is 169 g/mol. The lowest BCUT2D eigenvalue weighted by atomic mass is 9.98. The summed E-state index contributed by atoms with van der Waals surface area (Å²) in [5.41, 5.74) is 5.67. The molecule has 1 aromatic heterocycles. The highest BCUT2D eigenvalue weighted by Crippen LogP contribution is 2.33. The summed E-state index contributed by atoms with van der Waals surface area (Å²) in [6, 6.07) is 0. The molecule has 0 amide bonds. The molecule has 1 saturated carbocycles. The summed E-state index contributed by atoms with van der Waals surface area (Å²) in [5.74, 6) is 0.164. The molecule has 1 aromatic rings. The van der Waals surface area contributed by atoms with Crippen molar-refractivity contribution in [3.63, 3.8) is 0 Å². The first-order chi connectivity index (χ1) is 6.21. The first-order valence-corrected chi connectivity index (χ1v) is 4.48. The average Bonchev–Trinajstić information content (AvgIpc) is 2.54. The monoisotopic (exact) mass is 181 g/mol. The second-order valence-electron chi connectivity index (χ2n) is 3.59. The smallest absolute Gasteiger partial charge is 0.159 e. The van der Waals surface area contributed by atoms with Gasteiger partial charge in [0.15, 0.2) is 5.82 Å². The molecule has 0 bridgehead atoms. The maximum atomic E-state index is 12.5. The van der Waals surface area contributed by atoms with Crippen molar-refractivity contribution in [2.75, 3.05) is 0 Å². The zero-order chi connectivity index (χ0) is 9.31. The van der Waals surface area contributed by atoms with Gasteiger partial charge in [-0.2, -0.15) is 0 Å². The summed E-state index contributed by atoms with van der Waals surface area (Å²) in [5, 5.41) is 0. The van der Waals surface area contributed by atoms with Crippen LogP contribution < -0.4 is 5.73 Å². The van der Waals surface area contributed by atoms with Crippen LogP contribution in [0.2, 0.25) is 0 Å². The number of halogens is 1. The minimum atomic E-state index is -0.412.